The average Bonchev–Trinajstić information content (AvgIpc) is 1.86. The largest absolute Gasteiger partial charge is 0.382 e. The predicted octanol–water partition coefficient (Wildman–Crippen LogP) is 2.39. The first-order chi connectivity index (χ1) is 5.16. The van der Waals surface area contributed by atoms with E-state index in [1.165, 1.54) is 0 Å². The summed E-state index contributed by atoms with van der Waals surface area (Å²) >= 11 is 0. The fourth-order valence-corrected chi connectivity index (χ4v) is 0.822. The summed E-state index contributed by atoms with van der Waals surface area (Å²) in [7, 11) is 0. The third-order valence-electron chi connectivity index (χ3n) is 1.24. The molecule has 0 rings (SSSR count). The normalized spacial score (nSPS) is 11.5. The highest BCUT2D eigenvalue weighted by atomic mass is 16.5. The van der Waals surface area contributed by atoms with Gasteiger partial charge >= 0.3 is 0 Å². The number of ether oxygens (including phenoxy) is 2. The van der Waals surface area contributed by atoms with Crippen molar-refractivity contribution in [2.24, 2.45) is 0 Å². The molecule has 2 nitrogen and oxygen atoms in total. The topological polar surface area (TPSA) is 18.5 Å². The zero-order chi connectivity index (χ0) is 8.69. The first kappa shape index (κ1) is 10.9. The molecule has 0 N–H and O–H groups in total. The molecule has 0 saturated heterocycles. The molecule has 1 radical (unpaired) electrons. The molecule has 0 saturated carbocycles. The Morgan fingerprint density at radius 3 is 2.45 bits per heavy atom. The number of rotatable bonds is 6. The van der Waals surface area contributed by atoms with Gasteiger partial charge in [0.2, 0.25) is 0 Å². The van der Waals surface area contributed by atoms with Crippen molar-refractivity contribution in [3.63, 3.8) is 0 Å². The molecule has 0 heterocycles. The van der Waals surface area contributed by atoms with Crippen LogP contribution in [-0.4, -0.2) is 19.3 Å². The van der Waals surface area contributed by atoms with Crippen LogP contribution in [0.15, 0.2) is 0 Å². The molecule has 0 spiro atoms. The maximum absolute atomic E-state index is 5.43. The summed E-state index contributed by atoms with van der Waals surface area (Å²) < 4.78 is 10.6. The Balaban J connectivity index is 3.15. The van der Waals surface area contributed by atoms with Gasteiger partial charge in [0, 0.05) is 19.6 Å². The minimum atomic E-state index is 0.289. The summed E-state index contributed by atoms with van der Waals surface area (Å²) in [5.41, 5.74) is 0. The molecular weight excluding hydrogens is 140 g/mol. The molecule has 0 aliphatic heterocycles. The second kappa shape index (κ2) is 6.62. The summed E-state index contributed by atoms with van der Waals surface area (Å²) in [6.07, 6.45) is 2.26. The van der Waals surface area contributed by atoms with Crippen molar-refractivity contribution < 1.29 is 9.47 Å². The van der Waals surface area contributed by atoms with Crippen LogP contribution in [0.2, 0.25) is 0 Å². The minimum Gasteiger partial charge on any atom is -0.382 e. The zero-order valence-electron chi connectivity index (χ0n) is 8.02. The maximum Gasteiger partial charge on any atom is 0.0966 e. The molecule has 0 unspecified atom stereocenters. The summed E-state index contributed by atoms with van der Waals surface area (Å²) in [5, 5.41) is 0. The Morgan fingerprint density at radius 2 is 2.00 bits per heavy atom. The monoisotopic (exact) mass is 159 g/mol. The molecule has 0 bridgehead atoms. The second-order valence-corrected chi connectivity index (χ2v) is 2.82. The van der Waals surface area contributed by atoms with Gasteiger partial charge in [0.05, 0.1) is 12.2 Å². The van der Waals surface area contributed by atoms with Crippen molar-refractivity contribution >= 4 is 0 Å². The fraction of sp³-hybridized carbons (Fsp3) is 0.889. The second-order valence-electron chi connectivity index (χ2n) is 2.82. The van der Waals surface area contributed by atoms with E-state index >= 15 is 0 Å². The third-order valence-corrected chi connectivity index (χ3v) is 1.24. The fourth-order valence-electron chi connectivity index (χ4n) is 0.822. The van der Waals surface area contributed by atoms with Crippen molar-refractivity contribution in [2.45, 2.75) is 40.2 Å². The quantitative estimate of drug-likeness (QED) is 0.554. The lowest BCUT2D eigenvalue weighted by Gasteiger charge is -2.14. The van der Waals surface area contributed by atoms with Crippen LogP contribution in [-0.2, 0) is 9.47 Å². The first-order valence-electron chi connectivity index (χ1n) is 4.23. The van der Waals surface area contributed by atoms with Crippen LogP contribution >= 0.6 is 0 Å². The molecular formula is C9H19O2. The van der Waals surface area contributed by atoms with Crippen molar-refractivity contribution in [3.05, 3.63) is 6.10 Å². The van der Waals surface area contributed by atoms with Gasteiger partial charge in [-0.15, -0.1) is 0 Å². The van der Waals surface area contributed by atoms with E-state index in [1.807, 2.05) is 27.7 Å². The maximum atomic E-state index is 5.43. The molecule has 2 heteroatoms. The standard InChI is InChI=1S/C9H19O2/c1-5-10-7-6-9(4)11-8(2)3/h8H,5-7H2,1-4H3. The van der Waals surface area contributed by atoms with E-state index in [9.17, 15) is 0 Å². The Bertz CT molecular complexity index is 81.6. The van der Waals surface area contributed by atoms with Gasteiger partial charge in [0.15, 0.2) is 0 Å². The smallest absolute Gasteiger partial charge is 0.0966 e. The van der Waals surface area contributed by atoms with E-state index in [2.05, 4.69) is 0 Å². The average molecular weight is 159 g/mol. The number of hydrogen-bond donors (Lipinski definition) is 0. The lowest BCUT2D eigenvalue weighted by Crippen LogP contribution is -2.09. The highest BCUT2D eigenvalue weighted by Gasteiger charge is 2.04. The third kappa shape index (κ3) is 7.82. The van der Waals surface area contributed by atoms with Crippen LogP contribution in [0.3, 0.4) is 0 Å². The molecule has 0 aliphatic carbocycles. The van der Waals surface area contributed by atoms with E-state index in [0.29, 0.717) is 0 Å². The summed E-state index contributed by atoms with van der Waals surface area (Å²) in [5.74, 6) is 0. The summed E-state index contributed by atoms with van der Waals surface area (Å²) in [6, 6.07) is 0. The van der Waals surface area contributed by atoms with Crippen LogP contribution < -0.4 is 0 Å². The van der Waals surface area contributed by atoms with Crippen molar-refractivity contribution in [3.8, 4) is 0 Å². The van der Waals surface area contributed by atoms with Gasteiger partial charge in [-0.3, -0.25) is 0 Å². The van der Waals surface area contributed by atoms with Crippen molar-refractivity contribution in [2.75, 3.05) is 13.2 Å². The van der Waals surface area contributed by atoms with Gasteiger partial charge in [-0.2, -0.15) is 0 Å². The molecule has 0 fully saturated rings. The lowest BCUT2D eigenvalue weighted by atomic mass is 10.3. The SMILES string of the molecule is CCOCC[C](C)OC(C)C. The Morgan fingerprint density at radius 1 is 1.36 bits per heavy atom. The van der Waals surface area contributed by atoms with Crippen LogP contribution in [0, 0.1) is 6.10 Å². The van der Waals surface area contributed by atoms with E-state index in [4.69, 9.17) is 9.47 Å². The molecule has 67 valence electrons. The predicted molar refractivity (Wildman–Crippen MR) is 46.2 cm³/mol. The molecule has 0 aromatic carbocycles. The van der Waals surface area contributed by atoms with Crippen LogP contribution in [0.25, 0.3) is 0 Å². The van der Waals surface area contributed by atoms with E-state index in [1.54, 1.807) is 0 Å². The minimum absolute atomic E-state index is 0.289. The Hall–Kier alpha value is -0.0800. The molecule has 11 heavy (non-hydrogen) atoms. The molecule has 0 amide bonds. The molecule has 0 atom stereocenters. The van der Waals surface area contributed by atoms with Gasteiger partial charge < -0.3 is 9.47 Å². The highest BCUT2D eigenvalue weighted by Crippen LogP contribution is 2.09. The van der Waals surface area contributed by atoms with E-state index in [0.717, 1.165) is 25.7 Å². The van der Waals surface area contributed by atoms with E-state index < -0.39 is 0 Å². The van der Waals surface area contributed by atoms with Gasteiger partial charge in [-0.25, -0.2) is 0 Å². The molecule has 0 aliphatic rings. The van der Waals surface area contributed by atoms with Gasteiger partial charge in [-0.05, 0) is 27.7 Å². The Kier molecular flexibility index (Phi) is 6.57. The lowest BCUT2D eigenvalue weighted by molar-refractivity contribution is 0.0627. The van der Waals surface area contributed by atoms with Gasteiger partial charge in [0.25, 0.3) is 0 Å². The first-order valence-corrected chi connectivity index (χ1v) is 4.23. The van der Waals surface area contributed by atoms with Gasteiger partial charge in [-0.1, -0.05) is 0 Å². The molecule has 0 aromatic rings. The van der Waals surface area contributed by atoms with E-state index in [-0.39, 0.29) is 6.10 Å². The van der Waals surface area contributed by atoms with Crippen molar-refractivity contribution in [1.82, 2.24) is 0 Å². The van der Waals surface area contributed by atoms with Crippen LogP contribution in [0.5, 0.6) is 0 Å². The van der Waals surface area contributed by atoms with Crippen LogP contribution in [0.1, 0.15) is 34.1 Å². The van der Waals surface area contributed by atoms with Gasteiger partial charge in [0.1, 0.15) is 0 Å². The highest BCUT2D eigenvalue weighted by molar-refractivity contribution is 4.71. The van der Waals surface area contributed by atoms with Crippen LogP contribution in [0.4, 0.5) is 0 Å². The summed E-state index contributed by atoms with van der Waals surface area (Å²) in [6.45, 7) is 9.62. The Labute approximate surface area is 69.9 Å². The molecule has 0 aromatic heterocycles. The number of hydrogen-bond acceptors (Lipinski definition) is 2. The van der Waals surface area contributed by atoms with Crippen molar-refractivity contribution in [1.29, 1.82) is 0 Å². The zero-order valence-corrected chi connectivity index (χ0v) is 8.02. The summed E-state index contributed by atoms with van der Waals surface area (Å²) in [4.78, 5) is 0.